The second kappa shape index (κ2) is 7.40. The van der Waals surface area contributed by atoms with Gasteiger partial charge in [0.2, 0.25) is 0 Å². The topological polar surface area (TPSA) is 62.7 Å². The van der Waals surface area contributed by atoms with Crippen molar-refractivity contribution in [2.75, 3.05) is 18.0 Å². The first-order valence-corrected chi connectivity index (χ1v) is 7.93. The van der Waals surface area contributed by atoms with E-state index in [-0.39, 0.29) is 17.5 Å². The molecular weight excluding hydrogens is 311 g/mol. The Labute approximate surface area is 139 Å². The van der Waals surface area contributed by atoms with Gasteiger partial charge >= 0.3 is 5.97 Å². The van der Waals surface area contributed by atoms with Crippen LogP contribution in [0.4, 0.5) is 10.2 Å². The van der Waals surface area contributed by atoms with Crippen molar-refractivity contribution in [1.82, 2.24) is 4.98 Å². The number of hydrogen-bond donors (Lipinski definition) is 1. The lowest BCUT2D eigenvalue weighted by atomic mass is 10.1. The monoisotopic (exact) mass is 330 g/mol. The van der Waals surface area contributed by atoms with Crippen molar-refractivity contribution < 1.29 is 19.0 Å². The lowest BCUT2D eigenvalue weighted by Gasteiger charge is -2.33. The van der Waals surface area contributed by atoms with E-state index in [2.05, 4.69) is 4.98 Å². The molecule has 1 aliphatic heterocycles. The van der Waals surface area contributed by atoms with Crippen LogP contribution in [-0.4, -0.2) is 35.3 Å². The molecule has 0 radical (unpaired) electrons. The molecule has 0 saturated carbocycles. The molecule has 5 nitrogen and oxygen atoms in total. The highest BCUT2D eigenvalue weighted by molar-refractivity contribution is 5.93. The van der Waals surface area contributed by atoms with Gasteiger partial charge in [0.05, 0.1) is 12.7 Å². The van der Waals surface area contributed by atoms with Crippen LogP contribution in [0.1, 0.15) is 28.8 Å². The maximum absolute atomic E-state index is 12.9. The predicted molar refractivity (Wildman–Crippen MR) is 87.6 cm³/mol. The van der Waals surface area contributed by atoms with Crippen molar-refractivity contribution in [2.45, 2.75) is 25.6 Å². The molecule has 126 valence electrons. The molecule has 0 spiro atoms. The molecule has 1 N–H and O–H groups in total. The van der Waals surface area contributed by atoms with Gasteiger partial charge in [0, 0.05) is 19.3 Å². The van der Waals surface area contributed by atoms with Gasteiger partial charge in [-0.05, 0) is 42.7 Å². The summed E-state index contributed by atoms with van der Waals surface area (Å²) in [7, 11) is 0. The second-order valence-corrected chi connectivity index (χ2v) is 5.80. The number of piperidine rings is 1. The Morgan fingerprint density at radius 2 is 1.96 bits per heavy atom. The number of pyridine rings is 1. The number of nitrogens with zero attached hydrogens (tertiary/aromatic N) is 2. The third-order valence-electron chi connectivity index (χ3n) is 4.16. The van der Waals surface area contributed by atoms with Crippen LogP contribution in [0.25, 0.3) is 0 Å². The van der Waals surface area contributed by atoms with Gasteiger partial charge in [0.1, 0.15) is 17.2 Å². The van der Waals surface area contributed by atoms with Gasteiger partial charge in [-0.15, -0.1) is 0 Å². The summed E-state index contributed by atoms with van der Waals surface area (Å²) in [6, 6.07) is 9.49. The summed E-state index contributed by atoms with van der Waals surface area (Å²) < 4.78 is 18.8. The van der Waals surface area contributed by atoms with Gasteiger partial charge in [-0.25, -0.2) is 14.2 Å². The van der Waals surface area contributed by atoms with Crippen molar-refractivity contribution in [3.63, 3.8) is 0 Å². The van der Waals surface area contributed by atoms with E-state index in [1.165, 1.54) is 12.1 Å². The lowest BCUT2D eigenvalue weighted by molar-refractivity contribution is 0.0250. The maximum Gasteiger partial charge on any atom is 0.339 e. The summed E-state index contributed by atoms with van der Waals surface area (Å²) in [4.78, 5) is 17.5. The Morgan fingerprint density at radius 1 is 1.25 bits per heavy atom. The van der Waals surface area contributed by atoms with E-state index in [9.17, 15) is 14.3 Å². The molecule has 2 aromatic rings. The number of aromatic nitrogens is 1. The first-order valence-electron chi connectivity index (χ1n) is 7.93. The van der Waals surface area contributed by atoms with E-state index < -0.39 is 5.97 Å². The molecule has 1 aromatic heterocycles. The van der Waals surface area contributed by atoms with Crippen LogP contribution < -0.4 is 4.90 Å². The van der Waals surface area contributed by atoms with Crippen LogP contribution in [0.3, 0.4) is 0 Å². The quantitative estimate of drug-likeness (QED) is 0.913. The Hall–Kier alpha value is -2.47. The van der Waals surface area contributed by atoms with E-state index in [4.69, 9.17) is 4.74 Å². The number of rotatable bonds is 5. The van der Waals surface area contributed by atoms with Gasteiger partial charge in [-0.3, -0.25) is 0 Å². The highest BCUT2D eigenvalue weighted by Crippen LogP contribution is 2.23. The van der Waals surface area contributed by atoms with Crippen LogP contribution in [0.5, 0.6) is 0 Å². The van der Waals surface area contributed by atoms with Crippen molar-refractivity contribution in [2.24, 2.45) is 0 Å². The molecule has 24 heavy (non-hydrogen) atoms. The van der Waals surface area contributed by atoms with Crippen LogP contribution in [0.15, 0.2) is 42.6 Å². The molecule has 1 fully saturated rings. The van der Waals surface area contributed by atoms with Gasteiger partial charge in [-0.1, -0.05) is 12.1 Å². The fraction of sp³-hybridized carbons (Fsp3) is 0.333. The van der Waals surface area contributed by atoms with Crippen molar-refractivity contribution in [3.8, 4) is 0 Å². The average Bonchev–Trinajstić information content (AvgIpc) is 2.62. The first kappa shape index (κ1) is 16.4. The summed E-state index contributed by atoms with van der Waals surface area (Å²) >= 11 is 0. The highest BCUT2D eigenvalue weighted by atomic mass is 19.1. The number of carbonyl (C=O) groups is 1. The van der Waals surface area contributed by atoms with Crippen LogP contribution in [0, 0.1) is 5.82 Å². The van der Waals surface area contributed by atoms with Crippen molar-refractivity contribution in [3.05, 3.63) is 59.5 Å². The number of aromatic carboxylic acids is 1. The zero-order valence-electron chi connectivity index (χ0n) is 13.2. The van der Waals surface area contributed by atoms with E-state index in [1.807, 2.05) is 4.90 Å². The molecule has 0 amide bonds. The first-order chi connectivity index (χ1) is 11.6. The predicted octanol–water partition coefficient (Wildman–Crippen LogP) is 3.10. The van der Waals surface area contributed by atoms with Gasteiger partial charge in [-0.2, -0.15) is 0 Å². The molecule has 0 bridgehead atoms. The summed E-state index contributed by atoms with van der Waals surface area (Å²) in [5.74, 6) is -0.702. The van der Waals surface area contributed by atoms with Crippen LogP contribution in [0.2, 0.25) is 0 Å². The van der Waals surface area contributed by atoms with E-state index in [1.54, 1.807) is 30.5 Å². The molecule has 3 rings (SSSR count). The third-order valence-corrected chi connectivity index (χ3v) is 4.16. The van der Waals surface area contributed by atoms with Crippen LogP contribution in [-0.2, 0) is 11.3 Å². The number of benzene rings is 1. The number of carboxylic acid groups (broad SMARTS) is 1. The molecule has 1 aliphatic rings. The Morgan fingerprint density at radius 3 is 2.62 bits per heavy atom. The molecule has 2 heterocycles. The Bertz CT molecular complexity index is 698. The largest absolute Gasteiger partial charge is 0.478 e. The number of ether oxygens (including phenoxy) is 1. The lowest BCUT2D eigenvalue weighted by Crippen LogP contribution is -2.38. The normalized spacial score (nSPS) is 15.5. The summed E-state index contributed by atoms with van der Waals surface area (Å²) in [5.41, 5.74) is 1.17. The molecular formula is C18H19FN2O3. The third kappa shape index (κ3) is 3.89. The summed E-state index contributed by atoms with van der Waals surface area (Å²) in [5, 5.41) is 9.26. The maximum atomic E-state index is 12.9. The van der Waals surface area contributed by atoms with Gasteiger partial charge in [0.25, 0.3) is 0 Å². The Balaban J connectivity index is 1.54. The SMILES string of the molecule is O=C(O)c1cccnc1N1CCC(OCc2ccc(F)cc2)CC1. The smallest absolute Gasteiger partial charge is 0.339 e. The molecule has 0 unspecified atom stereocenters. The fourth-order valence-corrected chi connectivity index (χ4v) is 2.84. The molecule has 1 saturated heterocycles. The fourth-order valence-electron chi connectivity index (χ4n) is 2.84. The number of carboxylic acids is 1. The zero-order chi connectivity index (χ0) is 16.9. The summed E-state index contributed by atoms with van der Waals surface area (Å²) in [6.07, 6.45) is 3.33. The summed E-state index contributed by atoms with van der Waals surface area (Å²) in [6.45, 7) is 1.85. The molecule has 0 aliphatic carbocycles. The minimum absolute atomic E-state index is 0.114. The molecule has 0 atom stereocenters. The van der Waals surface area contributed by atoms with Crippen LogP contribution >= 0.6 is 0 Å². The number of hydrogen-bond acceptors (Lipinski definition) is 4. The minimum Gasteiger partial charge on any atom is -0.478 e. The number of halogens is 1. The zero-order valence-corrected chi connectivity index (χ0v) is 13.2. The second-order valence-electron chi connectivity index (χ2n) is 5.80. The number of anilines is 1. The van der Waals surface area contributed by atoms with E-state index >= 15 is 0 Å². The van der Waals surface area contributed by atoms with E-state index in [0.717, 1.165) is 18.4 Å². The highest BCUT2D eigenvalue weighted by Gasteiger charge is 2.24. The van der Waals surface area contributed by atoms with Gasteiger partial charge in [0.15, 0.2) is 0 Å². The standard InChI is InChI=1S/C18H19FN2O3/c19-14-5-3-13(4-6-14)12-24-15-7-10-21(11-8-15)17-16(18(22)23)2-1-9-20-17/h1-6,9,15H,7-8,10-12H2,(H,22,23). The Kier molecular flexibility index (Phi) is 5.05. The van der Waals surface area contributed by atoms with Gasteiger partial charge < -0.3 is 14.7 Å². The minimum atomic E-state index is -0.965. The molecule has 6 heteroatoms. The van der Waals surface area contributed by atoms with E-state index in [0.29, 0.717) is 25.5 Å². The molecule has 1 aromatic carbocycles. The van der Waals surface area contributed by atoms with Crippen molar-refractivity contribution >= 4 is 11.8 Å². The average molecular weight is 330 g/mol. The van der Waals surface area contributed by atoms with Crippen molar-refractivity contribution in [1.29, 1.82) is 0 Å².